The third-order valence-electron chi connectivity index (χ3n) is 4.55. The highest BCUT2D eigenvalue weighted by Gasteiger charge is 2.34. The van der Waals surface area contributed by atoms with E-state index in [2.05, 4.69) is 10.6 Å². The highest BCUT2D eigenvalue weighted by atomic mass is 16.2. The number of piperidine rings is 1. The van der Waals surface area contributed by atoms with Crippen molar-refractivity contribution in [2.45, 2.75) is 71.0 Å². The summed E-state index contributed by atoms with van der Waals surface area (Å²) >= 11 is 0. The molecule has 2 heterocycles. The molecule has 5 nitrogen and oxygen atoms in total. The Labute approximate surface area is 127 Å². The highest BCUT2D eigenvalue weighted by Crippen LogP contribution is 2.32. The van der Waals surface area contributed by atoms with Crippen LogP contribution < -0.4 is 10.6 Å². The van der Waals surface area contributed by atoms with Gasteiger partial charge in [0.15, 0.2) is 0 Å². The Morgan fingerprint density at radius 2 is 1.86 bits per heavy atom. The van der Waals surface area contributed by atoms with Crippen LogP contribution in [0.1, 0.15) is 52.9 Å². The van der Waals surface area contributed by atoms with Gasteiger partial charge in [0.05, 0.1) is 6.54 Å². The first-order valence-electron chi connectivity index (χ1n) is 8.31. The van der Waals surface area contributed by atoms with E-state index in [9.17, 15) is 9.59 Å². The Bertz CT molecular complexity index is 372. The molecule has 2 unspecified atom stereocenters. The Morgan fingerprint density at radius 3 is 2.38 bits per heavy atom. The summed E-state index contributed by atoms with van der Waals surface area (Å²) in [5, 5.41) is 6.45. The summed E-state index contributed by atoms with van der Waals surface area (Å²) in [4.78, 5) is 25.9. The van der Waals surface area contributed by atoms with Crippen LogP contribution in [-0.4, -0.2) is 47.9 Å². The molecule has 2 saturated heterocycles. The van der Waals surface area contributed by atoms with Gasteiger partial charge in [-0.3, -0.25) is 9.59 Å². The molecule has 2 aliphatic rings. The molecule has 2 N–H and O–H groups in total. The Kier molecular flexibility index (Phi) is 5.62. The van der Waals surface area contributed by atoms with Crippen molar-refractivity contribution in [3.63, 3.8) is 0 Å². The number of amides is 2. The van der Waals surface area contributed by atoms with E-state index < -0.39 is 0 Å². The summed E-state index contributed by atoms with van der Waals surface area (Å²) in [6.45, 7) is 6.59. The van der Waals surface area contributed by atoms with Crippen molar-refractivity contribution in [1.29, 1.82) is 0 Å². The van der Waals surface area contributed by atoms with Gasteiger partial charge in [0.2, 0.25) is 11.8 Å². The van der Waals surface area contributed by atoms with E-state index in [4.69, 9.17) is 0 Å². The molecule has 2 rings (SSSR count). The number of nitrogens with one attached hydrogen (secondary N) is 2. The van der Waals surface area contributed by atoms with E-state index in [0.717, 1.165) is 12.8 Å². The molecule has 0 radical (unpaired) electrons. The molecule has 2 aliphatic heterocycles. The third-order valence-corrected chi connectivity index (χ3v) is 4.55. The van der Waals surface area contributed by atoms with Crippen LogP contribution in [0, 0.1) is 5.92 Å². The van der Waals surface area contributed by atoms with Crippen LogP contribution in [0.3, 0.4) is 0 Å². The van der Waals surface area contributed by atoms with Crippen molar-refractivity contribution in [2.75, 3.05) is 13.1 Å². The Hall–Kier alpha value is -1.10. The molecule has 120 valence electrons. The third kappa shape index (κ3) is 4.70. The predicted octanol–water partition coefficient (Wildman–Crippen LogP) is 1.28. The van der Waals surface area contributed by atoms with Crippen LogP contribution in [0.15, 0.2) is 0 Å². The lowest BCUT2D eigenvalue weighted by atomic mass is 9.89. The molecular weight excluding hydrogens is 266 g/mol. The summed E-state index contributed by atoms with van der Waals surface area (Å²) in [5.41, 5.74) is 0. The van der Waals surface area contributed by atoms with E-state index in [1.54, 1.807) is 4.90 Å². The summed E-state index contributed by atoms with van der Waals surface area (Å²) in [6, 6.07) is 1.34. The zero-order chi connectivity index (χ0) is 15.4. The highest BCUT2D eigenvalue weighted by molar-refractivity contribution is 5.85. The minimum atomic E-state index is -0.0643. The predicted molar refractivity (Wildman–Crippen MR) is 82.8 cm³/mol. The fourth-order valence-corrected chi connectivity index (χ4v) is 3.64. The van der Waals surface area contributed by atoms with Gasteiger partial charge >= 0.3 is 0 Å². The molecule has 0 aliphatic carbocycles. The summed E-state index contributed by atoms with van der Waals surface area (Å²) in [5.74, 6) is 0.548. The van der Waals surface area contributed by atoms with Crippen molar-refractivity contribution in [3.05, 3.63) is 0 Å². The van der Waals surface area contributed by atoms with Crippen LogP contribution in [0.2, 0.25) is 0 Å². The van der Waals surface area contributed by atoms with Gasteiger partial charge in [0.25, 0.3) is 0 Å². The quantitative estimate of drug-likeness (QED) is 0.776. The number of fused-ring (bicyclic) bond motifs is 2. The van der Waals surface area contributed by atoms with Crippen molar-refractivity contribution in [1.82, 2.24) is 15.5 Å². The zero-order valence-corrected chi connectivity index (χ0v) is 13.5. The molecule has 21 heavy (non-hydrogen) atoms. The second kappa shape index (κ2) is 7.25. The minimum Gasteiger partial charge on any atom is -0.352 e. The first-order valence-corrected chi connectivity index (χ1v) is 8.31. The van der Waals surface area contributed by atoms with Gasteiger partial charge in [-0.2, -0.15) is 0 Å². The number of carbonyl (C=O) groups is 2. The molecule has 2 atom stereocenters. The fraction of sp³-hybridized carbons (Fsp3) is 0.875. The Morgan fingerprint density at radius 1 is 1.24 bits per heavy atom. The first-order chi connectivity index (χ1) is 9.97. The lowest BCUT2D eigenvalue weighted by molar-refractivity contribution is -0.137. The lowest BCUT2D eigenvalue weighted by Gasteiger charge is -2.30. The van der Waals surface area contributed by atoms with Gasteiger partial charge in [0, 0.05) is 31.1 Å². The second-order valence-electron chi connectivity index (χ2n) is 6.81. The average Bonchev–Trinajstić information content (AvgIpc) is 2.74. The van der Waals surface area contributed by atoms with Crippen molar-refractivity contribution in [3.8, 4) is 0 Å². The topological polar surface area (TPSA) is 61.4 Å². The largest absolute Gasteiger partial charge is 0.352 e. The number of hydrogen-bond acceptors (Lipinski definition) is 3. The molecule has 2 fully saturated rings. The van der Waals surface area contributed by atoms with Gasteiger partial charge in [-0.15, -0.1) is 0 Å². The first kappa shape index (κ1) is 16.3. The standard InChI is InChI=1S/C16H29N3O2/c1-4-19(10-15(20)17-11(2)3)16(21)9-12-7-13-5-6-14(8-12)18-13/h11-14,18H,4-10H2,1-3H3,(H,17,20). The maximum absolute atomic E-state index is 12.4. The molecule has 0 spiro atoms. The van der Waals surface area contributed by atoms with E-state index >= 15 is 0 Å². The normalized spacial score (nSPS) is 27.7. The van der Waals surface area contributed by atoms with Crippen molar-refractivity contribution >= 4 is 11.8 Å². The molecule has 0 aromatic carbocycles. The van der Waals surface area contributed by atoms with E-state index in [-0.39, 0.29) is 24.4 Å². The van der Waals surface area contributed by atoms with Crippen molar-refractivity contribution in [2.24, 2.45) is 5.92 Å². The maximum Gasteiger partial charge on any atom is 0.239 e. The maximum atomic E-state index is 12.4. The zero-order valence-electron chi connectivity index (χ0n) is 13.5. The van der Waals surface area contributed by atoms with Crippen LogP contribution in [0.4, 0.5) is 0 Å². The van der Waals surface area contributed by atoms with E-state index in [1.165, 1.54) is 12.8 Å². The number of carbonyl (C=O) groups excluding carboxylic acids is 2. The van der Waals surface area contributed by atoms with Crippen LogP contribution in [0.25, 0.3) is 0 Å². The molecule has 5 heteroatoms. The Balaban J connectivity index is 1.81. The second-order valence-corrected chi connectivity index (χ2v) is 6.81. The van der Waals surface area contributed by atoms with Crippen LogP contribution >= 0.6 is 0 Å². The minimum absolute atomic E-state index is 0.0643. The van der Waals surface area contributed by atoms with Crippen LogP contribution in [-0.2, 0) is 9.59 Å². The number of likely N-dealkylation sites (N-methyl/N-ethyl adjacent to an activating group) is 1. The average molecular weight is 295 g/mol. The molecule has 0 saturated carbocycles. The van der Waals surface area contributed by atoms with Crippen LogP contribution in [0.5, 0.6) is 0 Å². The SMILES string of the molecule is CCN(CC(=O)NC(C)C)C(=O)CC1CC2CCC(C1)N2. The van der Waals surface area contributed by atoms with Gasteiger partial charge in [-0.25, -0.2) is 0 Å². The number of nitrogens with zero attached hydrogens (tertiary/aromatic N) is 1. The molecule has 0 aromatic rings. The van der Waals surface area contributed by atoms with Gasteiger partial charge in [-0.1, -0.05) is 0 Å². The number of rotatable bonds is 6. The summed E-state index contributed by atoms with van der Waals surface area (Å²) in [7, 11) is 0. The smallest absolute Gasteiger partial charge is 0.239 e. The molecule has 0 aromatic heterocycles. The van der Waals surface area contributed by atoms with Gasteiger partial charge in [-0.05, 0) is 52.4 Å². The fourth-order valence-electron chi connectivity index (χ4n) is 3.64. The van der Waals surface area contributed by atoms with Crippen molar-refractivity contribution < 1.29 is 9.59 Å². The van der Waals surface area contributed by atoms with E-state index in [1.807, 2.05) is 20.8 Å². The monoisotopic (exact) mass is 295 g/mol. The summed E-state index contributed by atoms with van der Waals surface area (Å²) in [6.07, 6.45) is 5.32. The summed E-state index contributed by atoms with van der Waals surface area (Å²) < 4.78 is 0. The lowest BCUT2D eigenvalue weighted by Crippen LogP contribution is -2.44. The molecule has 2 bridgehead atoms. The van der Waals surface area contributed by atoms with Gasteiger partial charge < -0.3 is 15.5 Å². The number of hydrogen-bond donors (Lipinski definition) is 2. The van der Waals surface area contributed by atoms with Gasteiger partial charge in [0.1, 0.15) is 0 Å². The van der Waals surface area contributed by atoms with E-state index in [0.29, 0.717) is 31.0 Å². The molecule has 2 amide bonds. The molecular formula is C16H29N3O2.